The van der Waals surface area contributed by atoms with Gasteiger partial charge in [-0.3, -0.25) is 58.5 Å². The molecule has 8 atom stereocenters. The predicted octanol–water partition coefficient (Wildman–Crippen LogP) is -3.22. The van der Waals surface area contributed by atoms with E-state index in [1.165, 1.54) is 25.1 Å². The predicted molar refractivity (Wildman–Crippen MR) is 301 cm³/mol. The summed E-state index contributed by atoms with van der Waals surface area (Å²) in [5.74, 6) is -7.76. The Kier molecular flexibility index (Phi) is 24.4. The number of aliphatic hydroxyl groups excluding tert-OH is 1. The zero-order chi connectivity index (χ0) is 59.0. The van der Waals surface area contributed by atoms with Crippen molar-refractivity contribution in [1.82, 2.24) is 47.5 Å². The summed E-state index contributed by atoms with van der Waals surface area (Å²) in [6.07, 6.45) is -0.292. The van der Waals surface area contributed by atoms with Crippen LogP contribution in [0.5, 0.6) is 0 Å². The van der Waals surface area contributed by atoms with E-state index in [1.54, 1.807) is 42.6 Å². The Balaban J connectivity index is 1.59. The van der Waals surface area contributed by atoms with E-state index in [0.29, 0.717) is 16.7 Å². The summed E-state index contributed by atoms with van der Waals surface area (Å²) >= 11 is 0. The van der Waals surface area contributed by atoms with Gasteiger partial charge < -0.3 is 81.7 Å². The zero-order valence-electron chi connectivity index (χ0n) is 45.1. The van der Waals surface area contributed by atoms with Gasteiger partial charge in [-0.15, -0.1) is 0 Å². The highest BCUT2D eigenvalue weighted by molar-refractivity contribution is 5.98. The lowest BCUT2D eigenvalue weighted by molar-refractivity contribution is -0.136. The Bertz CT molecular complexity index is 2890. The van der Waals surface area contributed by atoms with Gasteiger partial charge in [0.15, 0.2) is 11.9 Å². The molecule has 9 amide bonds. The second-order valence-electron chi connectivity index (χ2n) is 19.6. The number of hydrogen-bond donors (Lipinski definition) is 16. The van der Waals surface area contributed by atoms with Crippen molar-refractivity contribution in [2.24, 2.45) is 44.4 Å². The number of fused-ring (bicyclic) bond motifs is 1. The molecule has 3 aromatic carbocycles. The van der Waals surface area contributed by atoms with Crippen LogP contribution in [-0.2, 0) is 57.6 Å². The van der Waals surface area contributed by atoms with Crippen LogP contribution in [0, 0.1) is 0 Å². The lowest BCUT2D eigenvalue weighted by atomic mass is 9.99. The molecule has 1 aromatic heterocycles. The molecule has 436 valence electrons. The van der Waals surface area contributed by atoms with E-state index in [0.717, 1.165) is 10.9 Å². The molecule has 4 aromatic rings. The number of nitrogens with one attached hydrogen (secondary N) is 9. The first kappa shape index (κ1) is 62.7. The van der Waals surface area contributed by atoms with Crippen LogP contribution in [0.25, 0.3) is 10.9 Å². The van der Waals surface area contributed by atoms with Crippen molar-refractivity contribution in [3.63, 3.8) is 0 Å². The van der Waals surface area contributed by atoms with Gasteiger partial charge in [0.05, 0.1) is 18.5 Å². The molecule has 22 N–H and O–H groups in total. The van der Waals surface area contributed by atoms with Gasteiger partial charge in [-0.2, -0.15) is 0 Å². The molecule has 0 spiro atoms. The molecule has 2 heterocycles. The zero-order valence-corrected chi connectivity index (χ0v) is 45.1. The Morgan fingerprint density at radius 2 is 1.33 bits per heavy atom. The largest absolute Gasteiger partial charge is 0.376 e. The van der Waals surface area contributed by atoms with E-state index in [4.69, 9.17) is 34.4 Å². The van der Waals surface area contributed by atoms with Crippen molar-refractivity contribution < 1.29 is 48.3 Å². The second-order valence-corrected chi connectivity index (χ2v) is 19.6. The van der Waals surface area contributed by atoms with Gasteiger partial charge in [-0.25, -0.2) is 0 Å². The van der Waals surface area contributed by atoms with Gasteiger partial charge in [-0.05, 0) is 86.3 Å². The summed E-state index contributed by atoms with van der Waals surface area (Å²) < 4.78 is 0. The van der Waals surface area contributed by atoms with Crippen molar-refractivity contribution >= 4 is 76.0 Å². The molecular formula is C54H75N17O10. The Morgan fingerprint density at radius 1 is 0.704 bits per heavy atom. The normalized spacial score (nSPS) is 21.3. The van der Waals surface area contributed by atoms with Crippen molar-refractivity contribution in [2.45, 2.75) is 126 Å². The van der Waals surface area contributed by atoms with Crippen LogP contribution in [0.4, 0.5) is 0 Å². The maximum atomic E-state index is 14.9. The minimum Gasteiger partial charge on any atom is -0.376 e. The first-order valence-corrected chi connectivity index (χ1v) is 26.5. The number of aromatic nitrogens is 1. The maximum Gasteiger partial charge on any atom is 0.248 e. The minimum absolute atomic E-state index is 0.00182. The molecule has 8 unspecified atom stereocenters. The smallest absolute Gasteiger partial charge is 0.248 e. The van der Waals surface area contributed by atoms with Gasteiger partial charge in [0.25, 0.3) is 0 Å². The molecule has 27 nitrogen and oxygen atoms in total. The molecule has 0 aliphatic carbocycles. The van der Waals surface area contributed by atoms with Crippen LogP contribution in [0.1, 0.15) is 85.3 Å². The van der Waals surface area contributed by atoms with E-state index >= 15 is 0 Å². The Hall–Kier alpha value is -9.11. The van der Waals surface area contributed by atoms with Crippen molar-refractivity contribution in [3.8, 4) is 0 Å². The van der Waals surface area contributed by atoms with Crippen LogP contribution in [-0.4, -0.2) is 143 Å². The number of carbonyl (C=O) groups excluding carboxylic acids is 9. The molecule has 1 fully saturated rings. The lowest BCUT2D eigenvalue weighted by Gasteiger charge is -2.31. The number of rotatable bonds is 19. The summed E-state index contributed by atoms with van der Waals surface area (Å²) in [4.78, 5) is 135. The van der Waals surface area contributed by atoms with Crippen molar-refractivity contribution in [3.05, 3.63) is 107 Å². The summed E-state index contributed by atoms with van der Waals surface area (Å²) in [5.41, 5.74) is 36.0. The molecule has 27 heteroatoms. The molecule has 0 bridgehead atoms. The lowest BCUT2D eigenvalue weighted by Crippen LogP contribution is -2.62. The first-order valence-electron chi connectivity index (χ1n) is 26.5. The average molecular weight is 1120 g/mol. The third-order valence-corrected chi connectivity index (χ3v) is 13.2. The topological polar surface area (TPSA) is 467 Å². The van der Waals surface area contributed by atoms with E-state index in [1.807, 2.05) is 24.3 Å². The van der Waals surface area contributed by atoms with E-state index in [-0.39, 0.29) is 101 Å². The first-order chi connectivity index (χ1) is 38.7. The standard InChI is InChI=1S/C54H75N17O10/c1-30(72)65-38(19-10-22-62-53(57)58)47(76)71-43-28-44(73)61-21-8-7-18-37(46(56)75)66-51(80)42(27-34-29-64-36-17-6-5-16-35(34)36)70-48(77)39(20-11-23-63-54(59)60)67-49(78)40(25-31-12-3-2-4-13-31)68-50(79)41(69-52(43)81)26-32-14-9-15-33(24-32)45(55)74/h2-6,9,12-17,24,29,37-43,48,64,70,77H,7-8,10-11,18-23,25-28H2,1H3,(H2,55,74)(H2,56,75)(H,61,73)(H,65,72)(H,66,80)(H,67,78)(H,68,79)(H,69,81)(H,71,76)(H4,57,58,62)(H4,59,60,63). The number of aromatic amines is 1. The van der Waals surface area contributed by atoms with Crippen LogP contribution in [0.15, 0.2) is 95.0 Å². The van der Waals surface area contributed by atoms with Gasteiger partial charge in [-0.1, -0.05) is 60.7 Å². The fourth-order valence-corrected chi connectivity index (χ4v) is 9.10. The number of hydrogen-bond acceptors (Lipinski definition) is 13. The number of guanidine groups is 2. The highest BCUT2D eigenvalue weighted by Crippen LogP contribution is 2.20. The molecule has 1 aliphatic rings. The monoisotopic (exact) mass is 1120 g/mol. The highest BCUT2D eigenvalue weighted by Gasteiger charge is 2.35. The summed E-state index contributed by atoms with van der Waals surface area (Å²) in [7, 11) is 0. The summed E-state index contributed by atoms with van der Waals surface area (Å²) in [6.45, 7) is 1.33. The van der Waals surface area contributed by atoms with E-state index in [9.17, 15) is 48.3 Å². The number of nitrogens with two attached hydrogens (primary N) is 6. The van der Waals surface area contributed by atoms with E-state index in [2.05, 4.69) is 57.5 Å². The fourth-order valence-electron chi connectivity index (χ4n) is 9.10. The highest BCUT2D eigenvalue weighted by atomic mass is 16.3. The second kappa shape index (κ2) is 31.5. The molecule has 5 rings (SSSR count). The number of benzene rings is 3. The van der Waals surface area contributed by atoms with Gasteiger partial charge in [0.2, 0.25) is 53.2 Å². The number of nitrogens with zero attached hydrogens (tertiary/aromatic N) is 2. The number of H-pyrrole nitrogens is 1. The Labute approximate surface area is 467 Å². The minimum atomic E-state index is -1.70. The SMILES string of the molecule is CC(=O)NC(CCCN=C(N)N)C(=O)NC1CC(=O)NCCCCC(C(N)=O)NC(=O)C(Cc2c[nH]c3ccccc23)NC(O)C(CCCN=C(N)N)NC(=O)C(Cc2ccccc2)NC(=O)C(Cc2cccc(C(N)=O)c2)NC1=O. The van der Waals surface area contributed by atoms with Crippen LogP contribution in [0.2, 0.25) is 0 Å². The number of amides is 9. The fraction of sp³-hybridized carbons (Fsp3) is 0.426. The third-order valence-electron chi connectivity index (χ3n) is 13.2. The molecule has 1 aliphatic heterocycles. The number of aliphatic hydroxyl groups is 1. The maximum absolute atomic E-state index is 14.9. The number of aliphatic imine (C=N–C) groups is 2. The van der Waals surface area contributed by atoms with Crippen LogP contribution >= 0.6 is 0 Å². The van der Waals surface area contributed by atoms with Crippen LogP contribution in [0.3, 0.4) is 0 Å². The van der Waals surface area contributed by atoms with E-state index < -0.39 is 108 Å². The summed E-state index contributed by atoms with van der Waals surface area (Å²) in [6, 6.07) is 12.2. The van der Waals surface area contributed by atoms with Gasteiger partial charge >= 0.3 is 0 Å². The van der Waals surface area contributed by atoms with Crippen LogP contribution < -0.4 is 76.9 Å². The molecular weight excluding hydrogens is 1050 g/mol. The van der Waals surface area contributed by atoms with Crippen molar-refractivity contribution in [2.75, 3.05) is 19.6 Å². The summed E-state index contributed by atoms with van der Waals surface area (Å²) in [5, 5.41) is 34.7. The molecule has 0 radical (unpaired) electrons. The number of primary amides is 2. The average Bonchev–Trinajstić information content (AvgIpc) is 4.11. The number of para-hydroxylation sites is 1. The van der Waals surface area contributed by atoms with Gasteiger partial charge in [0, 0.05) is 62.1 Å². The number of carbonyl (C=O) groups is 9. The third kappa shape index (κ3) is 20.9. The molecule has 0 saturated carbocycles. The quantitative estimate of drug-likeness (QED) is 0.0250. The Morgan fingerprint density at radius 3 is 2.01 bits per heavy atom. The van der Waals surface area contributed by atoms with Crippen molar-refractivity contribution in [1.29, 1.82) is 0 Å². The van der Waals surface area contributed by atoms with Gasteiger partial charge in [0.1, 0.15) is 36.4 Å². The molecule has 1 saturated heterocycles. The molecule has 81 heavy (non-hydrogen) atoms.